The number of methoxy groups -OCH3 is 1. The second-order valence-corrected chi connectivity index (χ2v) is 5.94. The highest BCUT2D eigenvalue weighted by molar-refractivity contribution is 6.29. The number of nitrogens with zero attached hydrogens (tertiary/aromatic N) is 1. The van der Waals surface area contributed by atoms with E-state index in [1.807, 2.05) is 0 Å². The summed E-state index contributed by atoms with van der Waals surface area (Å²) < 4.78 is 10.4. The second kappa shape index (κ2) is 7.47. The highest BCUT2D eigenvalue weighted by atomic mass is 35.5. The van der Waals surface area contributed by atoms with E-state index in [4.69, 9.17) is 26.8 Å². The number of nitrogens with two attached hydrogens (primary N) is 1. The number of ether oxygens (including phenoxy) is 2. The lowest BCUT2D eigenvalue weighted by Crippen LogP contribution is -2.36. The van der Waals surface area contributed by atoms with E-state index in [1.54, 1.807) is 32.9 Å². The SMILES string of the molecule is COc1nc(Cl)ccc1C(CN)CNC(=O)OC(C)(C)C. The summed E-state index contributed by atoms with van der Waals surface area (Å²) >= 11 is 5.83. The van der Waals surface area contributed by atoms with Gasteiger partial charge in [0.25, 0.3) is 0 Å². The van der Waals surface area contributed by atoms with Gasteiger partial charge in [0.1, 0.15) is 10.8 Å². The Kier molecular flexibility index (Phi) is 6.23. The van der Waals surface area contributed by atoms with Crippen LogP contribution in [0.4, 0.5) is 4.79 Å². The van der Waals surface area contributed by atoms with Crippen LogP contribution in [0.25, 0.3) is 0 Å². The number of carbonyl (C=O) groups excluding carboxylic acids is 1. The zero-order valence-corrected chi connectivity index (χ0v) is 13.5. The number of amides is 1. The molecule has 6 nitrogen and oxygen atoms in total. The Morgan fingerprint density at radius 1 is 1.48 bits per heavy atom. The van der Waals surface area contributed by atoms with Crippen LogP contribution < -0.4 is 15.8 Å². The van der Waals surface area contributed by atoms with Crippen LogP contribution in [-0.2, 0) is 4.74 Å². The smallest absolute Gasteiger partial charge is 0.407 e. The average Bonchev–Trinajstić information content (AvgIpc) is 2.38. The normalized spacial score (nSPS) is 12.7. The van der Waals surface area contributed by atoms with Gasteiger partial charge in [-0.3, -0.25) is 0 Å². The Hall–Kier alpha value is -1.53. The van der Waals surface area contributed by atoms with Crippen molar-refractivity contribution in [1.82, 2.24) is 10.3 Å². The van der Waals surface area contributed by atoms with E-state index >= 15 is 0 Å². The fraction of sp³-hybridized carbons (Fsp3) is 0.571. The van der Waals surface area contributed by atoms with E-state index in [1.165, 1.54) is 7.11 Å². The topological polar surface area (TPSA) is 86.5 Å². The number of aromatic nitrogens is 1. The number of rotatable bonds is 5. The molecule has 0 saturated heterocycles. The lowest BCUT2D eigenvalue weighted by molar-refractivity contribution is 0.0524. The third-order valence-corrected chi connectivity index (χ3v) is 2.88. The fourth-order valence-electron chi connectivity index (χ4n) is 1.74. The van der Waals surface area contributed by atoms with Crippen LogP contribution in [0.5, 0.6) is 5.88 Å². The molecule has 1 rings (SSSR count). The monoisotopic (exact) mass is 315 g/mol. The van der Waals surface area contributed by atoms with E-state index in [0.717, 1.165) is 5.56 Å². The average molecular weight is 316 g/mol. The van der Waals surface area contributed by atoms with Crippen molar-refractivity contribution in [3.05, 3.63) is 22.8 Å². The molecule has 0 aromatic carbocycles. The third-order valence-electron chi connectivity index (χ3n) is 2.67. The number of carbonyl (C=O) groups is 1. The largest absolute Gasteiger partial charge is 0.481 e. The zero-order chi connectivity index (χ0) is 16.0. The molecule has 7 heteroatoms. The highest BCUT2D eigenvalue weighted by Crippen LogP contribution is 2.25. The molecule has 0 bridgehead atoms. The molecular weight excluding hydrogens is 294 g/mol. The second-order valence-electron chi connectivity index (χ2n) is 5.55. The first-order valence-electron chi connectivity index (χ1n) is 6.64. The summed E-state index contributed by atoms with van der Waals surface area (Å²) in [5.41, 5.74) is 6.02. The minimum atomic E-state index is -0.540. The lowest BCUT2D eigenvalue weighted by Gasteiger charge is -2.22. The van der Waals surface area contributed by atoms with Crippen molar-refractivity contribution in [2.45, 2.75) is 32.3 Å². The van der Waals surface area contributed by atoms with Crippen molar-refractivity contribution in [2.24, 2.45) is 5.73 Å². The predicted molar refractivity (Wildman–Crippen MR) is 81.8 cm³/mol. The fourth-order valence-corrected chi connectivity index (χ4v) is 1.88. The minimum Gasteiger partial charge on any atom is -0.481 e. The van der Waals surface area contributed by atoms with Crippen LogP contribution in [0, 0.1) is 0 Å². The maximum absolute atomic E-state index is 11.7. The Morgan fingerprint density at radius 2 is 2.14 bits per heavy atom. The molecule has 0 saturated carbocycles. The predicted octanol–water partition coefficient (Wildman–Crippen LogP) is 2.31. The molecule has 3 N–H and O–H groups in total. The summed E-state index contributed by atoms with van der Waals surface area (Å²) in [6.45, 7) is 6.07. The number of alkyl carbamates (subject to hydrolysis) is 1. The molecule has 1 heterocycles. The summed E-state index contributed by atoms with van der Waals surface area (Å²) in [7, 11) is 1.51. The molecule has 0 radical (unpaired) electrons. The van der Waals surface area contributed by atoms with E-state index in [0.29, 0.717) is 24.1 Å². The van der Waals surface area contributed by atoms with Gasteiger partial charge >= 0.3 is 6.09 Å². The van der Waals surface area contributed by atoms with Crippen molar-refractivity contribution >= 4 is 17.7 Å². The molecule has 0 spiro atoms. The first-order valence-corrected chi connectivity index (χ1v) is 7.02. The van der Waals surface area contributed by atoms with Crippen LogP contribution in [0.2, 0.25) is 5.15 Å². The molecule has 0 aliphatic heterocycles. The van der Waals surface area contributed by atoms with E-state index in [2.05, 4.69) is 10.3 Å². The Bertz CT molecular complexity index is 489. The van der Waals surface area contributed by atoms with Gasteiger partial charge in [-0.25, -0.2) is 9.78 Å². The van der Waals surface area contributed by atoms with E-state index in [9.17, 15) is 4.79 Å². The molecule has 118 valence electrons. The van der Waals surface area contributed by atoms with Crippen LogP contribution in [0.1, 0.15) is 32.3 Å². The van der Waals surface area contributed by atoms with Gasteiger partial charge in [0.05, 0.1) is 7.11 Å². The van der Waals surface area contributed by atoms with Crippen molar-refractivity contribution in [3.8, 4) is 5.88 Å². The summed E-state index contributed by atoms with van der Waals surface area (Å²) in [5, 5.41) is 3.04. The molecule has 21 heavy (non-hydrogen) atoms. The summed E-state index contributed by atoms with van der Waals surface area (Å²) in [4.78, 5) is 15.8. The summed E-state index contributed by atoms with van der Waals surface area (Å²) in [6.07, 6.45) is -0.484. The number of halogens is 1. The molecule has 0 fully saturated rings. The van der Waals surface area contributed by atoms with Crippen LogP contribution in [0.15, 0.2) is 12.1 Å². The quantitative estimate of drug-likeness (QED) is 0.814. The number of hydrogen-bond acceptors (Lipinski definition) is 5. The third kappa shape index (κ3) is 5.77. The molecule has 1 amide bonds. The standard InChI is InChI=1S/C14H22ClN3O3/c1-14(2,3)21-13(19)17-8-9(7-16)10-5-6-11(15)18-12(10)20-4/h5-6,9H,7-8,16H2,1-4H3,(H,17,19). The van der Waals surface area contributed by atoms with Gasteiger partial charge < -0.3 is 20.5 Å². The molecular formula is C14H22ClN3O3. The van der Waals surface area contributed by atoms with Crippen molar-refractivity contribution < 1.29 is 14.3 Å². The maximum Gasteiger partial charge on any atom is 0.407 e. The first-order chi connectivity index (χ1) is 9.76. The van der Waals surface area contributed by atoms with Gasteiger partial charge in [-0.15, -0.1) is 0 Å². The summed E-state index contributed by atoms with van der Waals surface area (Å²) in [5.74, 6) is 0.265. The molecule has 1 atom stereocenters. The number of pyridine rings is 1. The Morgan fingerprint density at radius 3 is 2.67 bits per heavy atom. The van der Waals surface area contributed by atoms with Crippen LogP contribution in [-0.4, -0.2) is 36.9 Å². The Labute approximate surface area is 130 Å². The van der Waals surface area contributed by atoms with Gasteiger partial charge in [-0.1, -0.05) is 17.7 Å². The van der Waals surface area contributed by atoms with Gasteiger partial charge in [0.2, 0.25) is 5.88 Å². The van der Waals surface area contributed by atoms with Gasteiger partial charge in [-0.05, 0) is 26.8 Å². The minimum absolute atomic E-state index is 0.141. The number of hydrogen-bond donors (Lipinski definition) is 2. The first kappa shape index (κ1) is 17.5. The Balaban J connectivity index is 2.74. The van der Waals surface area contributed by atoms with E-state index in [-0.39, 0.29) is 5.92 Å². The van der Waals surface area contributed by atoms with Gasteiger partial charge in [0.15, 0.2) is 0 Å². The zero-order valence-electron chi connectivity index (χ0n) is 12.8. The molecule has 1 aromatic rings. The highest BCUT2D eigenvalue weighted by Gasteiger charge is 2.20. The van der Waals surface area contributed by atoms with Gasteiger partial charge in [0, 0.05) is 24.6 Å². The van der Waals surface area contributed by atoms with Crippen molar-refractivity contribution in [1.29, 1.82) is 0 Å². The lowest BCUT2D eigenvalue weighted by atomic mass is 10.0. The van der Waals surface area contributed by atoms with Crippen LogP contribution >= 0.6 is 11.6 Å². The van der Waals surface area contributed by atoms with Gasteiger partial charge in [-0.2, -0.15) is 0 Å². The van der Waals surface area contributed by atoms with Crippen molar-refractivity contribution in [2.75, 3.05) is 20.2 Å². The maximum atomic E-state index is 11.7. The van der Waals surface area contributed by atoms with E-state index < -0.39 is 11.7 Å². The molecule has 1 aromatic heterocycles. The molecule has 0 aliphatic carbocycles. The molecule has 1 unspecified atom stereocenters. The number of nitrogens with one attached hydrogen (secondary N) is 1. The van der Waals surface area contributed by atoms with Crippen molar-refractivity contribution in [3.63, 3.8) is 0 Å². The summed E-state index contributed by atoms with van der Waals surface area (Å²) in [6, 6.07) is 3.46. The van der Waals surface area contributed by atoms with Crippen LogP contribution in [0.3, 0.4) is 0 Å². The molecule has 0 aliphatic rings.